The predicted molar refractivity (Wildman–Crippen MR) is 60.4 cm³/mol. The molecule has 2 aromatic carbocycles. The number of anilines is 1. The van der Waals surface area contributed by atoms with Gasteiger partial charge in [0.05, 0.1) is 11.3 Å². The molecule has 0 unspecified atom stereocenters. The van der Waals surface area contributed by atoms with Crippen molar-refractivity contribution in [2.24, 2.45) is 0 Å². The molecule has 0 saturated heterocycles. The molecule has 0 atom stereocenters. The maximum absolute atomic E-state index is 11.1. The van der Waals surface area contributed by atoms with Crippen LogP contribution in [-0.2, 0) is 0 Å². The third-order valence-electron chi connectivity index (χ3n) is 2.24. The minimum atomic E-state index is -0.991. The van der Waals surface area contributed by atoms with Gasteiger partial charge in [0, 0.05) is 11.8 Å². The summed E-state index contributed by atoms with van der Waals surface area (Å²) in [5, 5.41) is 10.7. The third kappa shape index (κ3) is 1.62. The van der Waals surface area contributed by atoms with Gasteiger partial charge >= 0.3 is 5.97 Å². The molecule has 0 heterocycles. The van der Waals surface area contributed by atoms with Crippen LogP contribution in [0.5, 0.6) is 0 Å². The molecular formula is C11H8ClNO2. The van der Waals surface area contributed by atoms with E-state index in [2.05, 4.69) is 4.84 Å². The summed E-state index contributed by atoms with van der Waals surface area (Å²) in [6.07, 6.45) is 0. The average molecular weight is 222 g/mol. The topological polar surface area (TPSA) is 49.3 Å². The number of aromatic carboxylic acids is 1. The van der Waals surface area contributed by atoms with Gasteiger partial charge in [-0.25, -0.2) is 4.79 Å². The van der Waals surface area contributed by atoms with E-state index >= 15 is 0 Å². The quantitative estimate of drug-likeness (QED) is 0.767. The van der Waals surface area contributed by atoms with Gasteiger partial charge in [0.2, 0.25) is 0 Å². The number of rotatable bonds is 2. The molecule has 4 heteroatoms. The standard InChI is InChI=1S/C11H8ClNO2/c12-13-9-6-5-7-3-1-2-4-8(7)10(9)11(14)15/h1-6,13H,(H,14,15). The number of carbonyl (C=O) groups is 1. The smallest absolute Gasteiger partial charge is 0.338 e. The third-order valence-corrected chi connectivity index (χ3v) is 2.45. The van der Waals surface area contributed by atoms with E-state index in [1.807, 2.05) is 18.2 Å². The summed E-state index contributed by atoms with van der Waals surface area (Å²) in [4.78, 5) is 13.5. The van der Waals surface area contributed by atoms with E-state index in [1.165, 1.54) is 0 Å². The van der Waals surface area contributed by atoms with Gasteiger partial charge in [0.25, 0.3) is 0 Å². The van der Waals surface area contributed by atoms with Crippen LogP contribution in [0.2, 0.25) is 0 Å². The van der Waals surface area contributed by atoms with Crippen molar-refractivity contribution in [3.8, 4) is 0 Å². The minimum Gasteiger partial charge on any atom is -0.478 e. The monoisotopic (exact) mass is 221 g/mol. The molecule has 0 aromatic heterocycles. The lowest BCUT2D eigenvalue weighted by Crippen LogP contribution is -2.01. The molecule has 76 valence electrons. The van der Waals surface area contributed by atoms with E-state index in [1.54, 1.807) is 18.2 Å². The maximum atomic E-state index is 11.1. The first-order chi connectivity index (χ1) is 7.24. The molecule has 0 aliphatic rings. The molecule has 0 saturated carbocycles. The highest BCUT2D eigenvalue weighted by atomic mass is 35.5. The first-order valence-corrected chi connectivity index (χ1v) is 4.73. The van der Waals surface area contributed by atoms with Gasteiger partial charge in [0.1, 0.15) is 0 Å². The van der Waals surface area contributed by atoms with Crippen molar-refractivity contribution in [1.82, 2.24) is 0 Å². The van der Waals surface area contributed by atoms with Crippen LogP contribution >= 0.6 is 11.8 Å². The Morgan fingerprint density at radius 2 is 1.93 bits per heavy atom. The summed E-state index contributed by atoms with van der Waals surface area (Å²) in [5.74, 6) is -0.991. The number of hydrogen-bond donors (Lipinski definition) is 2. The number of nitrogens with one attached hydrogen (secondary N) is 1. The van der Waals surface area contributed by atoms with Gasteiger partial charge in [-0.15, -0.1) is 0 Å². The van der Waals surface area contributed by atoms with Crippen LogP contribution < -0.4 is 4.84 Å². The van der Waals surface area contributed by atoms with Crippen LogP contribution in [0, 0.1) is 0 Å². The van der Waals surface area contributed by atoms with Gasteiger partial charge < -0.3 is 5.11 Å². The fourth-order valence-corrected chi connectivity index (χ4v) is 1.74. The molecule has 2 aromatic rings. The number of benzene rings is 2. The van der Waals surface area contributed by atoms with Crippen molar-refractivity contribution >= 4 is 34.2 Å². The zero-order valence-corrected chi connectivity index (χ0v) is 8.45. The number of halogens is 1. The zero-order chi connectivity index (χ0) is 10.8. The first-order valence-electron chi connectivity index (χ1n) is 4.35. The number of carboxylic acids is 1. The lowest BCUT2D eigenvalue weighted by atomic mass is 10.0. The Morgan fingerprint density at radius 1 is 1.20 bits per heavy atom. The molecule has 0 spiro atoms. The Labute approximate surface area is 91.4 Å². The predicted octanol–water partition coefficient (Wildman–Crippen LogP) is 3.10. The Hall–Kier alpha value is -1.74. The Bertz CT molecular complexity index is 525. The van der Waals surface area contributed by atoms with Gasteiger partial charge in [-0.1, -0.05) is 30.3 Å². The van der Waals surface area contributed by atoms with Gasteiger partial charge in [-0.3, -0.25) is 4.84 Å². The molecule has 0 fully saturated rings. The molecule has 15 heavy (non-hydrogen) atoms. The van der Waals surface area contributed by atoms with Crippen molar-refractivity contribution in [2.45, 2.75) is 0 Å². The minimum absolute atomic E-state index is 0.197. The van der Waals surface area contributed by atoms with Crippen LogP contribution in [0.1, 0.15) is 10.4 Å². The maximum Gasteiger partial charge on any atom is 0.338 e. The van der Waals surface area contributed by atoms with E-state index in [0.29, 0.717) is 11.1 Å². The molecule has 0 amide bonds. The Balaban J connectivity index is 2.85. The van der Waals surface area contributed by atoms with Crippen molar-refractivity contribution in [1.29, 1.82) is 0 Å². The Morgan fingerprint density at radius 3 is 2.60 bits per heavy atom. The van der Waals surface area contributed by atoms with Crippen LogP contribution in [0.3, 0.4) is 0 Å². The van der Waals surface area contributed by atoms with Crippen molar-refractivity contribution in [3.05, 3.63) is 42.0 Å². The van der Waals surface area contributed by atoms with Gasteiger partial charge in [-0.05, 0) is 16.8 Å². The molecule has 2 rings (SSSR count). The SMILES string of the molecule is O=C(O)c1c(NCl)ccc2ccccc12. The van der Waals surface area contributed by atoms with E-state index < -0.39 is 5.97 Å². The summed E-state index contributed by atoms with van der Waals surface area (Å²) >= 11 is 5.46. The van der Waals surface area contributed by atoms with E-state index in [9.17, 15) is 4.79 Å². The second-order valence-corrected chi connectivity index (χ2v) is 3.30. The second-order valence-electron chi connectivity index (χ2n) is 3.11. The molecular weight excluding hydrogens is 214 g/mol. The number of carboxylic acid groups (broad SMARTS) is 1. The fraction of sp³-hybridized carbons (Fsp3) is 0. The van der Waals surface area contributed by atoms with Crippen LogP contribution in [0.25, 0.3) is 10.8 Å². The largest absolute Gasteiger partial charge is 0.478 e. The second kappa shape index (κ2) is 3.79. The van der Waals surface area contributed by atoms with Gasteiger partial charge in [-0.2, -0.15) is 0 Å². The Kier molecular flexibility index (Phi) is 2.47. The van der Waals surface area contributed by atoms with Crippen molar-refractivity contribution < 1.29 is 9.90 Å². The van der Waals surface area contributed by atoms with Gasteiger partial charge in [0.15, 0.2) is 0 Å². The molecule has 3 nitrogen and oxygen atoms in total. The summed E-state index contributed by atoms with van der Waals surface area (Å²) in [6.45, 7) is 0. The molecule has 0 radical (unpaired) electrons. The van der Waals surface area contributed by atoms with E-state index in [-0.39, 0.29) is 5.56 Å². The van der Waals surface area contributed by atoms with Crippen molar-refractivity contribution in [3.63, 3.8) is 0 Å². The summed E-state index contributed by atoms with van der Waals surface area (Å²) in [7, 11) is 0. The molecule has 0 aliphatic heterocycles. The lowest BCUT2D eigenvalue weighted by Gasteiger charge is -2.07. The number of fused-ring (bicyclic) bond motifs is 1. The molecule has 2 N–H and O–H groups in total. The summed E-state index contributed by atoms with van der Waals surface area (Å²) in [5.41, 5.74) is 0.603. The zero-order valence-electron chi connectivity index (χ0n) is 7.70. The molecule has 0 bridgehead atoms. The number of hydrogen-bond acceptors (Lipinski definition) is 2. The van der Waals surface area contributed by atoms with E-state index in [0.717, 1.165) is 5.39 Å². The normalized spacial score (nSPS) is 10.2. The lowest BCUT2D eigenvalue weighted by molar-refractivity contribution is 0.0700. The van der Waals surface area contributed by atoms with Crippen molar-refractivity contribution in [2.75, 3.05) is 4.84 Å². The highest BCUT2D eigenvalue weighted by Gasteiger charge is 2.13. The van der Waals surface area contributed by atoms with Crippen LogP contribution in [0.15, 0.2) is 36.4 Å². The fourth-order valence-electron chi connectivity index (χ4n) is 1.58. The van der Waals surface area contributed by atoms with Crippen LogP contribution in [-0.4, -0.2) is 11.1 Å². The summed E-state index contributed by atoms with van der Waals surface area (Å²) in [6, 6.07) is 10.8. The summed E-state index contributed by atoms with van der Waals surface area (Å²) < 4.78 is 0. The molecule has 0 aliphatic carbocycles. The van der Waals surface area contributed by atoms with Crippen LogP contribution in [0.4, 0.5) is 5.69 Å². The highest BCUT2D eigenvalue weighted by Crippen LogP contribution is 2.26. The average Bonchev–Trinajstić information content (AvgIpc) is 2.27. The highest BCUT2D eigenvalue weighted by molar-refractivity contribution is 6.26. The van der Waals surface area contributed by atoms with E-state index in [4.69, 9.17) is 16.9 Å². The first kappa shape index (κ1) is 9.80.